The molecule has 0 unspecified atom stereocenters. The molecule has 0 heterocycles. The summed E-state index contributed by atoms with van der Waals surface area (Å²) in [6, 6.07) is -0.0488. The van der Waals surface area contributed by atoms with E-state index < -0.39 is 11.7 Å². The van der Waals surface area contributed by atoms with Gasteiger partial charge in [-0.05, 0) is 40.5 Å². The van der Waals surface area contributed by atoms with Gasteiger partial charge in [-0.1, -0.05) is 6.42 Å². The summed E-state index contributed by atoms with van der Waals surface area (Å²) < 4.78 is 5.17. The number of nitrogens with one attached hydrogen (secondary N) is 1. The third kappa shape index (κ3) is 3.83. The van der Waals surface area contributed by atoms with Gasteiger partial charge in [0.25, 0.3) is 0 Å². The second kappa shape index (κ2) is 4.85. The molecule has 1 saturated carbocycles. The zero-order chi connectivity index (χ0) is 12.3. The number of amides is 1. The van der Waals surface area contributed by atoms with E-state index in [-0.39, 0.29) is 17.7 Å². The first kappa shape index (κ1) is 13.0. The van der Waals surface area contributed by atoms with Crippen LogP contribution in [0.5, 0.6) is 0 Å². The third-order valence-corrected chi connectivity index (χ3v) is 2.74. The van der Waals surface area contributed by atoms with E-state index in [1.807, 2.05) is 20.8 Å². The van der Waals surface area contributed by atoms with Crippen molar-refractivity contribution < 1.29 is 14.3 Å². The van der Waals surface area contributed by atoms with Crippen molar-refractivity contribution in [3.8, 4) is 0 Å². The topological polar surface area (TPSA) is 55.4 Å². The minimum absolute atomic E-state index is 0.0347. The van der Waals surface area contributed by atoms with Gasteiger partial charge in [0.15, 0.2) is 0 Å². The highest BCUT2D eigenvalue weighted by Crippen LogP contribution is 2.26. The molecular weight excluding hydrogens is 206 g/mol. The van der Waals surface area contributed by atoms with Crippen molar-refractivity contribution in [3.63, 3.8) is 0 Å². The van der Waals surface area contributed by atoms with Crippen LogP contribution < -0.4 is 5.32 Å². The fourth-order valence-electron chi connectivity index (χ4n) is 2.08. The van der Waals surface area contributed by atoms with Crippen molar-refractivity contribution >= 4 is 11.9 Å². The van der Waals surface area contributed by atoms with Gasteiger partial charge >= 0.3 is 6.09 Å². The zero-order valence-corrected chi connectivity index (χ0v) is 10.5. The van der Waals surface area contributed by atoms with Crippen molar-refractivity contribution in [3.05, 3.63) is 0 Å². The molecule has 0 aliphatic heterocycles. The highest BCUT2D eigenvalue weighted by Gasteiger charge is 2.32. The molecule has 1 aliphatic rings. The summed E-state index contributed by atoms with van der Waals surface area (Å²) in [7, 11) is 0. The first-order chi connectivity index (χ1) is 7.29. The number of hydrogen-bond donors (Lipinski definition) is 1. The normalized spacial score (nSPS) is 25.2. The summed E-state index contributed by atoms with van der Waals surface area (Å²) in [4.78, 5) is 22.9. The maximum atomic E-state index is 11.5. The molecule has 0 bridgehead atoms. The van der Waals surface area contributed by atoms with E-state index in [1.165, 1.54) is 0 Å². The minimum Gasteiger partial charge on any atom is -0.444 e. The molecule has 92 valence electrons. The Morgan fingerprint density at radius 2 is 1.88 bits per heavy atom. The average molecular weight is 227 g/mol. The van der Waals surface area contributed by atoms with Gasteiger partial charge in [-0.3, -0.25) is 4.79 Å². The molecule has 1 aliphatic carbocycles. The standard InChI is InChI=1S/C12H21NO3/c1-8(14)9-6-5-7-10(9)13-11(15)16-12(2,3)4/h9-10H,5-7H2,1-4H3,(H,13,15)/t9-,10+/m0/s1. The first-order valence-electron chi connectivity index (χ1n) is 5.79. The maximum absolute atomic E-state index is 11.5. The van der Waals surface area contributed by atoms with Crippen molar-refractivity contribution in [2.75, 3.05) is 0 Å². The smallest absolute Gasteiger partial charge is 0.407 e. The minimum atomic E-state index is -0.492. The zero-order valence-electron chi connectivity index (χ0n) is 10.5. The second-order valence-corrected chi connectivity index (χ2v) is 5.40. The molecule has 0 spiro atoms. The van der Waals surface area contributed by atoms with Crippen LogP contribution in [0, 0.1) is 5.92 Å². The van der Waals surface area contributed by atoms with Gasteiger partial charge in [0.05, 0.1) is 0 Å². The van der Waals surface area contributed by atoms with Gasteiger partial charge in [-0.2, -0.15) is 0 Å². The number of ether oxygens (including phenoxy) is 1. The van der Waals surface area contributed by atoms with Crippen LogP contribution in [0.3, 0.4) is 0 Å². The van der Waals surface area contributed by atoms with Crippen LogP contribution in [0.1, 0.15) is 47.0 Å². The largest absolute Gasteiger partial charge is 0.444 e. The predicted octanol–water partition coefficient (Wildman–Crippen LogP) is 2.27. The molecule has 0 radical (unpaired) electrons. The fourth-order valence-corrected chi connectivity index (χ4v) is 2.08. The van der Waals surface area contributed by atoms with E-state index >= 15 is 0 Å². The number of ketones is 1. The molecule has 0 aromatic heterocycles. The Bertz CT molecular complexity index is 280. The molecule has 1 amide bonds. The van der Waals surface area contributed by atoms with Gasteiger partial charge in [-0.15, -0.1) is 0 Å². The maximum Gasteiger partial charge on any atom is 0.407 e. The highest BCUT2D eigenvalue weighted by atomic mass is 16.6. The molecule has 0 aromatic carbocycles. The first-order valence-corrected chi connectivity index (χ1v) is 5.79. The number of rotatable bonds is 2. The van der Waals surface area contributed by atoms with Gasteiger partial charge in [0.2, 0.25) is 0 Å². The van der Waals surface area contributed by atoms with Gasteiger partial charge in [0.1, 0.15) is 11.4 Å². The summed E-state index contributed by atoms with van der Waals surface area (Å²) in [5, 5.41) is 2.78. The van der Waals surface area contributed by atoms with Crippen LogP contribution >= 0.6 is 0 Å². The molecule has 1 fully saturated rings. The molecule has 0 saturated heterocycles. The predicted molar refractivity (Wildman–Crippen MR) is 61.2 cm³/mol. The van der Waals surface area contributed by atoms with E-state index in [1.54, 1.807) is 6.92 Å². The Morgan fingerprint density at radius 3 is 2.38 bits per heavy atom. The van der Waals surface area contributed by atoms with Crippen LogP contribution in [-0.4, -0.2) is 23.5 Å². The Kier molecular flexibility index (Phi) is 3.94. The summed E-state index contributed by atoms with van der Waals surface area (Å²) in [5.74, 6) is 0.117. The lowest BCUT2D eigenvalue weighted by molar-refractivity contribution is -0.121. The monoisotopic (exact) mass is 227 g/mol. The van der Waals surface area contributed by atoms with Gasteiger partial charge in [0, 0.05) is 12.0 Å². The Morgan fingerprint density at radius 1 is 1.25 bits per heavy atom. The van der Waals surface area contributed by atoms with E-state index in [2.05, 4.69) is 5.32 Å². The lowest BCUT2D eigenvalue weighted by atomic mass is 10.00. The molecule has 1 N–H and O–H groups in total. The number of alkyl carbamates (subject to hydrolysis) is 1. The average Bonchev–Trinajstić information content (AvgIpc) is 2.47. The molecule has 0 aromatic rings. The lowest BCUT2D eigenvalue weighted by Gasteiger charge is -2.23. The van der Waals surface area contributed by atoms with Crippen LogP contribution in [0.4, 0.5) is 4.79 Å². The summed E-state index contributed by atoms with van der Waals surface area (Å²) in [6.07, 6.45) is 2.30. The molecule has 2 atom stereocenters. The Labute approximate surface area is 96.7 Å². The van der Waals surface area contributed by atoms with E-state index in [4.69, 9.17) is 4.74 Å². The van der Waals surface area contributed by atoms with Crippen LogP contribution in [0.2, 0.25) is 0 Å². The lowest BCUT2D eigenvalue weighted by Crippen LogP contribution is -2.42. The van der Waals surface area contributed by atoms with Crippen molar-refractivity contribution in [2.45, 2.75) is 58.6 Å². The SMILES string of the molecule is CC(=O)[C@@H]1CCC[C@H]1NC(=O)OC(C)(C)C. The summed E-state index contributed by atoms with van der Waals surface area (Å²) in [5.41, 5.74) is -0.492. The highest BCUT2D eigenvalue weighted by molar-refractivity contribution is 5.80. The van der Waals surface area contributed by atoms with Gasteiger partial charge in [-0.25, -0.2) is 4.79 Å². The number of hydrogen-bond acceptors (Lipinski definition) is 3. The number of Topliss-reactive ketones (excluding diaryl/α,β-unsaturated/α-hetero) is 1. The van der Waals surface area contributed by atoms with E-state index in [0.29, 0.717) is 0 Å². The molecule has 4 heteroatoms. The van der Waals surface area contributed by atoms with E-state index in [9.17, 15) is 9.59 Å². The summed E-state index contributed by atoms with van der Waals surface area (Å²) in [6.45, 7) is 7.05. The van der Waals surface area contributed by atoms with Crippen LogP contribution in [0.25, 0.3) is 0 Å². The Balaban J connectivity index is 2.47. The Hall–Kier alpha value is -1.06. The molecule has 16 heavy (non-hydrogen) atoms. The van der Waals surface area contributed by atoms with Crippen molar-refractivity contribution in [1.29, 1.82) is 0 Å². The van der Waals surface area contributed by atoms with E-state index in [0.717, 1.165) is 19.3 Å². The second-order valence-electron chi connectivity index (χ2n) is 5.40. The third-order valence-electron chi connectivity index (χ3n) is 2.74. The number of carbonyl (C=O) groups is 2. The van der Waals surface area contributed by atoms with Crippen LogP contribution in [-0.2, 0) is 9.53 Å². The fraction of sp³-hybridized carbons (Fsp3) is 0.833. The number of carbonyl (C=O) groups excluding carboxylic acids is 2. The molecule has 4 nitrogen and oxygen atoms in total. The van der Waals surface area contributed by atoms with Gasteiger partial charge < -0.3 is 10.1 Å². The van der Waals surface area contributed by atoms with Crippen LogP contribution in [0.15, 0.2) is 0 Å². The molecule has 1 rings (SSSR count). The summed E-state index contributed by atoms with van der Waals surface area (Å²) >= 11 is 0. The van der Waals surface area contributed by atoms with Crippen molar-refractivity contribution in [2.24, 2.45) is 5.92 Å². The van der Waals surface area contributed by atoms with Crippen molar-refractivity contribution in [1.82, 2.24) is 5.32 Å². The molecular formula is C12H21NO3. The quantitative estimate of drug-likeness (QED) is 0.787.